The second kappa shape index (κ2) is 6.33. The van der Waals surface area contributed by atoms with Crippen LogP contribution in [0.5, 0.6) is 0 Å². The van der Waals surface area contributed by atoms with Crippen LogP contribution in [0, 0.1) is 20.8 Å². The first-order valence-electron chi connectivity index (χ1n) is 6.74. The zero-order valence-corrected chi connectivity index (χ0v) is 13.0. The molecule has 0 amide bonds. The van der Waals surface area contributed by atoms with Crippen LogP contribution in [0.4, 0.5) is 0 Å². The van der Waals surface area contributed by atoms with Crippen LogP contribution in [-0.4, -0.2) is 9.96 Å². The molecule has 0 aliphatic heterocycles. The second-order valence-electron chi connectivity index (χ2n) is 5.35. The van der Waals surface area contributed by atoms with E-state index in [0.717, 1.165) is 10.5 Å². The van der Waals surface area contributed by atoms with Crippen molar-refractivity contribution in [2.75, 3.05) is 5.75 Å². The summed E-state index contributed by atoms with van der Waals surface area (Å²) in [6, 6.07) is 13.9. The molecule has 0 aliphatic rings. The zero-order valence-electron chi connectivity index (χ0n) is 12.2. The van der Waals surface area contributed by atoms with Crippen LogP contribution in [0.1, 0.15) is 28.3 Å². The highest BCUT2D eigenvalue weighted by molar-refractivity contribution is 7.85. The largest absolute Gasteiger partial charge is 0.323 e. The monoisotopic (exact) mass is 287 g/mol. The van der Waals surface area contributed by atoms with Crippen LogP contribution in [0.25, 0.3) is 0 Å². The van der Waals surface area contributed by atoms with Gasteiger partial charge < -0.3 is 5.73 Å². The standard InChI is InChI=1S/C17H21NOS/c1-12-4-6-16(7-5-12)20(19)11-17(18)15-9-13(2)8-14(3)10-15/h4-10,17H,11,18H2,1-3H3. The maximum Gasteiger partial charge on any atom is 0.0548 e. The molecule has 2 aromatic carbocycles. The van der Waals surface area contributed by atoms with Crippen LogP contribution < -0.4 is 5.73 Å². The fourth-order valence-electron chi connectivity index (χ4n) is 2.27. The third-order valence-corrected chi connectivity index (χ3v) is 4.75. The molecule has 20 heavy (non-hydrogen) atoms. The van der Waals surface area contributed by atoms with Gasteiger partial charge in [0.1, 0.15) is 0 Å². The Bertz CT molecular complexity index is 599. The lowest BCUT2D eigenvalue weighted by Crippen LogP contribution is -2.18. The molecular formula is C17H21NOS. The smallest absolute Gasteiger partial charge is 0.0548 e. The average molecular weight is 287 g/mol. The van der Waals surface area contributed by atoms with Crippen molar-refractivity contribution in [3.63, 3.8) is 0 Å². The molecule has 2 N–H and O–H groups in total. The summed E-state index contributed by atoms with van der Waals surface area (Å²) >= 11 is 0. The lowest BCUT2D eigenvalue weighted by molar-refractivity contribution is 0.675. The highest BCUT2D eigenvalue weighted by Gasteiger charge is 2.12. The lowest BCUT2D eigenvalue weighted by atomic mass is 10.0. The summed E-state index contributed by atoms with van der Waals surface area (Å²) in [6.45, 7) is 6.13. The molecule has 0 radical (unpaired) electrons. The van der Waals surface area contributed by atoms with Gasteiger partial charge >= 0.3 is 0 Å². The lowest BCUT2D eigenvalue weighted by Gasteiger charge is -2.13. The third-order valence-electron chi connectivity index (χ3n) is 3.29. The van der Waals surface area contributed by atoms with Crippen LogP contribution in [0.2, 0.25) is 0 Å². The Morgan fingerprint density at radius 3 is 2.05 bits per heavy atom. The van der Waals surface area contributed by atoms with Crippen LogP contribution >= 0.6 is 0 Å². The topological polar surface area (TPSA) is 43.1 Å². The van der Waals surface area contributed by atoms with Crippen molar-refractivity contribution >= 4 is 10.8 Å². The maximum absolute atomic E-state index is 12.3. The number of hydrogen-bond acceptors (Lipinski definition) is 2. The normalized spacial score (nSPS) is 14.0. The molecule has 0 bridgehead atoms. The van der Waals surface area contributed by atoms with Crippen LogP contribution in [0.3, 0.4) is 0 Å². The third kappa shape index (κ3) is 3.78. The molecule has 2 aromatic rings. The van der Waals surface area contributed by atoms with Crippen molar-refractivity contribution in [2.45, 2.75) is 31.7 Å². The highest BCUT2D eigenvalue weighted by atomic mass is 32.2. The van der Waals surface area contributed by atoms with E-state index in [0.29, 0.717) is 5.75 Å². The van der Waals surface area contributed by atoms with E-state index in [1.54, 1.807) is 0 Å². The van der Waals surface area contributed by atoms with E-state index in [-0.39, 0.29) is 6.04 Å². The minimum Gasteiger partial charge on any atom is -0.323 e. The van der Waals surface area contributed by atoms with Crippen molar-refractivity contribution < 1.29 is 4.21 Å². The van der Waals surface area contributed by atoms with Crippen molar-refractivity contribution in [1.82, 2.24) is 0 Å². The van der Waals surface area contributed by atoms with E-state index in [1.165, 1.54) is 16.7 Å². The first-order chi connectivity index (χ1) is 9.45. The van der Waals surface area contributed by atoms with Gasteiger partial charge in [0.05, 0.1) is 10.8 Å². The summed E-state index contributed by atoms with van der Waals surface area (Å²) in [7, 11) is -1.06. The number of benzene rings is 2. The van der Waals surface area contributed by atoms with Crippen molar-refractivity contribution in [3.8, 4) is 0 Å². The molecule has 0 spiro atoms. The van der Waals surface area contributed by atoms with E-state index < -0.39 is 10.8 Å². The Balaban J connectivity index is 2.12. The molecule has 0 heterocycles. The summed E-state index contributed by atoms with van der Waals surface area (Å²) in [6.07, 6.45) is 0. The summed E-state index contributed by atoms with van der Waals surface area (Å²) in [5.41, 5.74) is 10.8. The molecule has 2 unspecified atom stereocenters. The van der Waals surface area contributed by atoms with Gasteiger partial charge in [-0.3, -0.25) is 4.21 Å². The molecule has 0 fully saturated rings. The SMILES string of the molecule is Cc1ccc(S(=O)CC(N)c2cc(C)cc(C)c2)cc1. The summed E-state index contributed by atoms with van der Waals surface area (Å²) < 4.78 is 12.3. The fraction of sp³-hybridized carbons (Fsp3) is 0.294. The van der Waals surface area contributed by atoms with Gasteiger partial charge in [-0.25, -0.2) is 0 Å². The zero-order chi connectivity index (χ0) is 14.7. The quantitative estimate of drug-likeness (QED) is 0.936. The second-order valence-corrected chi connectivity index (χ2v) is 6.85. The number of hydrogen-bond donors (Lipinski definition) is 1. The average Bonchev–Trinajstić information content (AvgIpc) is 2.38. The first kappa shape index (κ1) is 14.9. The molecule has 3 heteroatoms. The predicted octanol–water partition coefficient (Wildman–Crippen LogP) is 3.42. The van der Waals surface area contributed by atoms with Crippen LogP contribution in [-0.2, 0) is 10.8 Å². The van der Waals surface area contributed by atoms with E-state index in [2.05, 4.69) is 32.0 Å². The Morgan fingerprint density at radius 1 is 0.950 bits per heavy atom. The van der Waals surface area contributed by atoms with Gasteiger partial charge in [-0.2, -0.15) is 0 Å². The fourth-order valence-corrected chi connectivity index (χ4v) is 3.42. The Kier molecular flexibility index (Phi) is 4.73. The van der Waals surface area contributed by atoms with E-state index in [9.17, 15) is 4.21 Å². The molecule has 106 valence electrons. The molecule has 0 aliphatic carbocycles. The molecular weight excluding hydrogens is 266 g/mol. The Labute approximate surface area is 123 Å². The van der Waals surface area contributed by atoms with Gasteiger partial charge in [0, 0.05) is 16.7 Å². The molecule has 2 nitrogen and oxygen atoms in total. The van der Waals surface area contributed by atoms with Crippen LogP contribution in [0.15, 0.2) is 47.4 Å². The molecule has 0 aromatic heterocycles. The minimum atomic E-state index is -1.06. The number of nitrogens with two attached hydrogens (primary N) is 1. The number of aryl methyl sites for hydroxylation is 3. The maximum atomic E-state index is 12.3. The van der Waals surface area contributed by atoms with Gasteiger partial charge in [-0.15, -0.1) is 0 Å². The first-order valence-corrected chi connectivity index (χ1v) is 8.06. The summed E-state index contributed by atoms with van der Waals surface area (Å²) in [5.74, 6) is 0.450. The van der Waals surface area contributed by atoms with E-state index in [4.69, 9.17) is 5.73 Å². The molecule has 2 atom stereocenters. The van der Waals surface area contributed by atoms with Gasteiger partial charge in [0.15, 0.2) is 0 Å². The van der Waals surface area contributed by atoms with Crippen molar-refractivity contribution in [1.29, 1.82) is 0 Å². The summed E-state index contributed by atoms with van der Waals surface area (Å²) in [5, 5.41) is 0. The molecule has 0 saturated carbocycles. The Hall–Kier alpha value is -1.45. The van der Waals surface area contributed by atoms with Gasteiger partial charge in [0.25, 0.3) is 0 Å². The number of rotatable bonds is 4. The van der Waals surface area contributed by atoms with Crippen molar-refractivity contribution in [3.05, 3.63) is 64.7 Å². The molecule has 2 rings (SSSR count). The van der Waals surface area contributed by atoms with Gasteiger partial charge in [-0.05, 0) is 38.5 Å². The predicted molar refractivity (Wildman–Crippen MR) is 85.3 cm³/mol. The van der Waals surface area contributed by atoms with Gasteiger partial charge in [0.2, 0.25) is 0 Å². The summed E-state index contributed by atoms with van der Waals surface area (Å²) in [4.78, 5) is 0.843. The minimum absolute atomic E-state index is 0.198. The van der Waals surface area contributed by atoms with Gasteiger partial charge in [-0.1, -0.05) is 47.0 Å². The molecule has 0 saturated heterocycles. The van der Waals surface area contributed by atoms with E-state index in [1.807, 2.05) is 31.2 Å². The Morgan fingerprint density at radius 2 is 1.50 bits per heavy atom. The van der Waals surface area contributed by atoms with Crippen molar-refractivity contribution in [2.24, 2.45) is 5.73 Å². The van der Waals surface area contributed by atoms with E-state index >= 15 is 0 Å². The highest BCUT2D eigenvalue weighted by Crippen LogP contribution is 2.18.